The maximum atomic E-state index is 13.3. The number of carbonyl (C=O) groups is 2. The van der Waals surface area contributed by atoms with Crippen molar-refractivity contribution in [3.05, 3.63) is 30.1 Å². The highest BCUT2D eigenvalue weighted by Crippen LogP contribution is 2.46. The van der Waals surface area contributed by atoms with Crippen molar-refractivity contribution < 1.29 is 19.4 Å². The number of hydrogen-bond donors (Lipinski definition) is 1. The molecule has 23 heavy (non-hydrogen) atoms. The molecule has 0 saturated heterocycles. The van der Waals surface area contributed by atoms with E-state index in [-0.39, 0.29) is 5.78 Å². The zero-order valence-corrected chi connectivity index (χ0v) is 14.0. The fraction of sp³-hybridized carbons (Fsp3) is 0.611. The van der Waals surface area contributed by atoms with Crippen molar-refractivity contribution in [1.29, 1.82) is 0 Å². The molecule has 1 aliphatic rings. The van der Waals surface area contributed by atoms with Crippen LogP contribution in [0.1, 0.15) is 57.7 Å². The third-order valence-electron chi connectivity index (χ3n) is 4.95. The van der Waals surface area contributed by atoms with Crippen LogP contribution in [0.5, 0.6) is 0 Å². The van der Waals surface area contributed by atoms with E-state index in [2.05, 4.69) is 4.98 Å². The van der Waals surface area contributed by atoms with Crippen molar-refractivity contribution in [2.45, 2.75) is 52.1 Å². The molecule has 5 nitrogen and oxygen atoms in total. The average Bonchev–Trinajstić information content (AvgIpc) is 2.60. The molecular formula is C18H25NO4. The number of nitrogens with zero attached hydrogens (tertiary/aromatic N) is 1. The SMILES string of the molecule is COC(=O)C1(C(=O)C(C)(C)[C@@H](O)c2ccccn2)CCCCC1. The van der Waals surface area contributed by atoms with Crippen LogP contribution in [0.3, 0.4) is 0 Å². The fourth-order valence-corrected chi connectivity index (χ4v) is 3.52. The number of Topliss-reactive ketones (excluding diaryl/α,β-unsaturated/α-hetero) is 1. The lowest BCUT2D eigenvalue weighted by Gasteiger charge is -2.40. The third-order valence-corrected chi connectivity index (χ3v) is 4.95. The van der Waals surface area contributed by atoms with E-state index >= 15 is 0 Å². The number of ketones is 1. The minimum atomic E-state index is -1.15. The molecule has 126 valence electrons. The molecule has 1 heterocycles. The average molecular weight is 319 g/mol. The van der Waals surface area contributed by atoms with Gasteiger partial charge < -0.3 is 9.84 Å². The van der Waals surface area contributed by atoms with Gasteiger partial charge in [0.2, 0.25) is 0 Å². The smallest absolute Gasteiger partial charge is 0.319 e. The minimum Gasteiger partial charge on any atom is -0.468 e. The summed E-state index contributed by atoms with van der Waals surface area (Å²) < 4.78 is 4.94. The summed E-state index contributed by atoms with van der Waals surface area (Å²) in [5.74, 6) is -0.738. The Hall–Kier alpha value is -1.75. The lowest BCUT2D eigenvalue weighted by molar-refractivity contribution is -0.166. The Morgan fingerprint density at radius 1 is 1.26 bits per heavy atom. The summed E-state index contributed by atoms with van der Waals surface area (Å²) in [5.41, 5.74) is -1.84. The van der Waals surface area contributed by atoms with Crippen molar-refractivity contribution in [3.8, 4) is 0 Å². The van der Waals surface area contributed by atoms with Crippen LogP contribution in [0.2, 0.25) is 0 Å². The zero-order chi connectivity index (χ0) is 17.1. The standard InChI is InChI=1S/C18H25NO4/c1-17(2,14(20)13-9-5-8-12-19-13)15(21)18(16(22)23-3)10-6-4-7-11-18/h5,8-9,12,14,20H,4,6-7,10-11H2,1-3H3/t14-/m0/s1. The molecule has 1 saturated carbocycles. The van der Waals surface area contributed by atoms with Gasteiger partial charge >= 0.3 is 5.97 Å². The second kappa shape index (κ2) is 6.79. The molecule has 1 aromatic heterocycles. The fourth-order valence-electron chi connectivity index (χ4n) is 3.52. The molecule has 0 aliphatic heterocycles. The number of aliphatic hydroxyl groups excluding tert-OH is 1. The number of rotatable bonds is 5. The van der Waals surface area contributed by atoms with E-state index in [1.807, 2.05) is 0 Å². The highest BCUT2D eigenvalue weighted by molar-refractivity contribution is 6.06. The van der Waals surface area contributed by atoms with E-state index < -0.39 is 22.9 Å². The molecule has 1 aromatic rings. The second-order valence-electron chi connectivity index (χ2n) is 6.84. The highest BCUT2D eigenvalue weighted by atomic mass is 16.5. The van der Waals surface area contributed by atoms with Crippen molar-refractivity contribution in [2.24, 2.45) is 10.8 Å². The van der Waals surface area contributed by atoms with E-state index in [1.165, 1.54) is 7.11 Å². The predicted octanol–water partition coefficient (Wildman–Crippen LogP) is 2.83. The molecule has 0 unspecified atom stereocenters. The molecule has 1 aliphatic carbocycles. The lowest BCUT2D eigenvalue weighted by Crippen LogP contribution is -2.50. The highest BCUT2D eigenvalue weighted by Gasteiger charge is 2.54. The van der Waals surface area contributed by atoms with Gasteiger partial charge in [-0.15, -0.1) is 0 Å². The van der Waals surface area contributed by atoms with Crippen LogP contribution in [0, 0.1) is 10.8 Å². The Kier molecular flexibility index (Phi) is 5.19. The van der Waals surface area contributed by atoms with Crippen LogP contribution in [0.4, 0.5) is 0 Å². The van der Waals surface area contributed by atoms with Gasteiger partial charge in [0.05, 0.1) is 18.2 Å². The van der Waals surface area contributed by atoms with Crippen LogP contribution >= 0.6 is 0 Å². The van der Waals surface area contributed by atoms with Gasteiger partial charge in [0.1, 0.15) is 11.5 Å². The molecular weight excluding hydrogens is 294 g/mol. The first-order valence-corrected chi connectivity index (χ1v) is 8.08. The van der Waals surface area contributed by atoms with Gasteiger partial charge in [0.25, 0.3) is 0 Å². The quantitative estimate of drug-likeness (QED) is 0.667. The summed E-state index contributed by atoms with van der Waals surface area (Å²) in [4.78, 5) is 29.8. The summed E-state index contributed by atoms with van der Waals surface area (Å²) in [5, 5.41) is 10.7. The van der Waals surface area contributed by atoms with Gasteiger partial charge in [-0.3, -0.25) is 14.6 Å². The summed E-state index contributed by atoms with van der Waals surface area (Å²) in [6.07, 6.45) is 4.12. The molecule has 0 spiro atoms. The Bertz CT molecular complexity index is 562. The second-order valence-corrected chi connectivity index (χ2v) is 6.84. The number of methoxy groups -OCH3 is 1. The number of ether oxygens (including phenoxy) is 1. The van der Waals surface area contributed by atoms with Crippen molar-refractivity contribution >= 4 is 11.8 Å². The van der Waals surface area contributed by atoms with Crippen molar-refractivity contribution in [2.75, 3.05) is 7.11 Å². The van der Waals surface area contributed by atoms with E-state index in [1.54, 1.807) is 38.2 Å². The van der Waals surface area contributed by atoms with Crippen molar-refractivity contribution in [3.63, 3.8) is 0 Å². The number of esters is 1. The van der Waals surface area contributed by atoms with Crippen LogP contribution < -0.4 is 0 Å². The molecule has 0 amide bonds. The maximum absolute atomic E-state index is 13.3. The third kappa shape index (κ3) is 3.15. The largest absolute Gasteiger partial charge is 0.468 e. The van der Waals surface area contributed by atoms with Crippen LogP contribution in [0.25, 0.3) is 0 Å². The Balaban J connectivity index is 2.36. The Labute approximate surface area is 137 Å². The Morgan fingerprint density at radius 2 is 1.91 bits per heavy atom. The number of aliphatic hydroxyl groups is 1. The van der Waals surface area contributed by atoms with Gasteiger partial charge in [-0.25, -0.2) is 0 Å². The van der Waals surface area contributed by atoms with Crippen LogP contribution in [0.15, 0.2) is 24.4 Å². The molecule has 0 aromatic carbocycles. The molecule has 0 radical (unpaired) electrons. The summed E-state index contributed by atoms with van der Waals surface area (Å²) in [7, 11) is 1.31. The maximum Gasteiger partial charge on any atom is 0.319 e. The van der Waals surface area contributed by atoms with Gasteiger partial charge in [-0.1, -0.05) is 25.3 Å². The van der Waals surface area contributed by atoms with E-state index in [0.29, 0.717) is 18.5 Å². The predicted molar refractivity (Wildman–Crippen MR) is 85.5 cm³/mol. The first kappa shape index (κ1) is 17.6. The van der Waals surface area contributed by atoms with Gasteiger partial charge in [0, 0.05) is 6.20 Å². The number of hydrogen-bond acceptors (Lipinski definition) is 5. The monoisotopic (exact) mass is 319 g/mol. The first-order valence-electron chi connectivity index (χ1n) is 8.08. The molecule has 5 heteroatoms. The zero-order valence-electron chi connectivity index (χ0n) is 14.0. The molecule has 1 atom stereocenters. The summed E-state index contributed by atoms with van der Waals surface area (Å²) in [6, 6.07) is 5.20. The minimum absolute atomic E-state index is 0.255. The van der Waals surface area contributed by atoms with Gasteiger partial charge in [0.15, 0.2) is 5.78 Å². The summed E-state index contributed by atoms with van der Waals surface area (Å²) >= 11 is 0. The molecule has 2 rings (SSSR count). The lowest BCUT2D eigenvalue weighted by atomic mass is 9.62. The number of aromatic nitrogens is 1. The first-order chi connectivity index (χ1) is 10.9. The van der Waals surface area contributed by atoms with Crippen LogP contribution in [-0.2, 0) is 14.3 Å². The van der Waals surface area contributed by atoms with Gasteiger partial charge in [-0.2, -0.15) is 0 Å². The Morgan fingerprint density at radius 3 is 2.43 bits per heavy atom. The van der Waals surface area contributed by atoms with E-state index in [4.69, 9.17) is 4.74 Å². The topological polar surface area (TPSA) is 76.5 Å². The number of pyridine rings is 1. The normalized spacial score (nSPS) is 19.0. The van der Waals surface area contributed by atoms with E-state index in [0.717, 1.165) is 19.3 Å². The molecule has 1 fully saturated rings. The van der Waals surface area contributed by atoms with Crippen molar-refractivity contribution in [1.82, 2.24) is 4.98 Å². The number of carbonyl (C=O) groups excluding carboxylic acids is 2. The van der Waals surface area contributed by atoms with Crippen LogP contribution in [-0.4, -0.2) is 29.0 Å². The van der Waals surface area contributed by atoms with Gasteiger partial charge in [-0.05, 0) is 38.8 Å². The summed E-state index contributed by atoms with van der Waals surface area (Å²) in [6.45, 7) is 3.35. The van der Waals surface area contributed by atoms with E-state index in [9.17, 15) is 14.7 Å². The molecule has 0 bridgehead atoms. The molecule has 1 N–H and O–H groups in total.